The summed E-state index contributed by atoms with van der Waals surface area (Å²) in [5, 5.41) is 10.3. The van der Waals surface area contributed by atoms with E-state index in [1.807, 2.05) is 19.1 Å². The molecule has 28 heavy (non-hydrogen) atoms. The Morgan fingerprint density at radius 3 is 2.79 bits per heavy atom. The molecule has 2 heterocycles. The average molecular weight is 537 g/mol. The highest BCUT2D eigenvalue weighted by Crippen LogP contribution is 2.38. The second kappa shape index (κ2) is 11.1. The van der Waals surface area contributed by atoms with E-state index in [1.165, 1.54) is 0 Å². The quantitative estimate of drug-likeness (QED) is 0.322. The number of thiazole rings is 1. The molecular weight excluding hydrogens is 511 g/mol. The number of benzene rings is 1. The number of guanidine groups is 1. The number of hydrogen-bond acceptors (Lipinski definition) is 5. The Bertz CT molecular complexity index is 813. The van der Waals surface area contributed by atoms with Crippen molar-refractivity contribution in [3.8, 4) is 11.5 Å². The third kappa shape index (κ3) is 6.12. The molecule has 1 aliphatic rings. The molecule has 0 spiro atoms. The third-order valence-corrected chi connectivity index (χ3v) is 5.14. The molecule has 1 aromatic carbocycles. The average Bonchev–Trinajstić information content (AvgIpc) is 3.13. The lowest BCUT2D eigenvalue weighted by Crippen LogP contribution is -2.36. The number of aromatic nitrogens is 1. The molecule has 1 aliphatic heterocycles. The van der Waals surface area contributed by atoms with Crippen LogP contribution in [-0.4, -0.2) is 30.7 Å². The van der Waals surface area contributed by atoms with E-state index in [0.717, 1.165) is 28.8 Å². The van der Waals surface area contributed by atoms with E-state index in [9.17, 15) is 0 Å². The fourth-order valence-electron chi connectivity index (χ4n) is 2.60. The molecule has 0 aliphatic carbocycles. The molecule has 154 valence electrons. The Labute approximate surface area is 192 Å². The minimum Gasteiger partial charge on any atom is -0.486 e. The van der Waals surface area contributed by atoms with Crippen LogP contribution in [0.4, 0.5) is 0 Å². The summed E-state index contributed by atoms with van der Waals surface area (Å²) in [5.74, 6) is 2.48. The summed E-state index contributed by atoms with van der Waals surface area (Å²) in [6, 6.07) is 3.81. The van der Waals surface area contributed by atoms with Crippen molar-refractivity contribution in [3.63, 3.8) is 0 Å². The highest BCUT2D eigenvalue weighted by molar-refractivity contribution is 14.0. The van der Waals surface area contributed by atoms with Crippen LogP contribution in [0, 0.1) is 0 Å². The molecule has 0 bridgehead atoms. The lowest BCUT2D eigenvalue weighted by Gasteiger charge is -2.20. The highest BCUT2D eigenvalue weighted by Gasteiger charge is 2.16. The van der Waals surface area contributed by atoms with E-state index < -0.39 is 0 Å². The molecule has 0 unspecified atom stereocenters. The molecule has 0 atom stereocenters. The van der Waals surface area contributed by atoms with Crippen LogP contribution in [0.5, 0.6) is 11.5 Å². The number of aliphatic imine (C=N–C) groups is 1. The minimum atomic E-state index is 0. The van der Waals surface area contributed by atoms with Gasteiger partial charge >= 0.3 is 0 Å². The van der Waals surface area contributed by atoms with Crippen LogP contribution in [0.3, 0.4) is 0 Å². The summed E-state index contributed by atoms with van der Waals surface area (Å²) in [6.45, 7) is 9.31. The van der Waals surface area contributed by atoms with Gasteiger partial charge in [0.15, 0.2) is 17.5 Å². The van der Waals surface area contributed by atoms with Crippen molar-refractivity contribution in [3.05, 3.63) is 38.8 Å². The van der Waals surface area contributed by atoms with E-state index in [2.05, 4.69) is 39.8 Å². The second-order valence-electron chi connectivity index (χ2n) is 6.47. The summed E-state index contributed by atoms with van der Waals surface area (Å²) < 4.78 is 11.2. The van der Waals surface area contributed by atoms with E-state index in [-0.39, 0.29) is 24.0 Å². The molecule has 0 amide bonds. The maximum Gasteiger partial charge on any atom is 0.191 e. The van der Waals surface area contributed by atoms with Gasteiger partial charge in [-0.25, -0.2) is 9.98 Å². The Balaban J connectivity index is 0.00000280. The molecule has 2 N–H and O–H groups in total. The second-order valence-corrected chi connectivity index (χ2v) is 7.82. The number of hydrogen-bond donors (Lipinski definition) is 2. The zero-order chi connectivity index (χ0) is 19.2. The fourth-order valence-corrected chi connectivity index (χ4v) is 3.78. The van der Waals surface area contributed by atoms with Crippen molar-refractivity contribution in [1.29, 1.82) is 0 Å². The predicted molar refractivity (Wildman–Crippen MR) is 126 cm³/mol. The van der Waals surface area contributed by atoms with Gasteiger partial charge in [0.25, 0.3) is 0 Å². The van der Waals surface area contributed by atoms with Gasteiger partial charge in [-0.2, -0.15) is 0 Å². The SMILES string of the molecule is CCNC(=NCc1cc(Cl)c2c(c1)OCCO2)NCc1nc(C(C)C)cs1.I. The number of nitrogens with zero attached hydrogens (tertiary/aromatic N) is 2. The third-order valence-electron chi connectivity index (χ3n) is 3.99. The fraction of sp³-hybridized carbons (Fsp3) is 0.474. The van der Waals surface area contributed by atoms with Crippen molar-refractivity contribution in [2.75, 3.05) is 19.8 Å². The van der Waals surface area contributed by atoms with Crippen molar-refractivity contribution in [2.24, 2.45) is 4.99 Å². The summed E-state index contributed by atoms with van der Waals surface area (Å²) in [4.78, 5) is 9.29. The van der Waals surface area contributed by atoms with Crippen molar-refractivity contribution in [2.45, 2.75) is 39.8 Å². The Kier molecular flexibility index (Phi) is 9.10. The van der Waals surface area contributed by atoms with Gasteiger partial charge in [-0.15, -0.1) is 35.3 Å². The monoisotopic (exact) mass is 536 g/mol. The molecule has 2 aromatic rings. The number of fused-ring (bicyclic) bond motifs is 1. The van der Waals surface area contributed by atoms with E-state index >= 15 is 0 Å². The largest absolute Gasteiger partial charge is 0.486 e. The van der Waals surface area contributed by atoms with Gasteiger partial charge < -0.3 is 20.1 Å². The summed E-state index contributed by atoms with van der Waals surface area (Å²) in [5.41, 5.74) is 2.10. The number of halogens is 2. The van der Waals surface area contributed by atoms with Crippen LogP contribution in [0.1, 0.15) is 43.0 Å². The highest BCUT2D eigenvalue weighted by atomic mass is 127. The van der Waals surface area contributed by atoms with Gasteiger partial charge in [-0.05, 0) is 30.5 Å². The number of nitrogens with one attached hydrogen (secondary N) is 2. The number of ether oxygens (including phenoxy) is 2. The van der Waals surface area contributed by atoms with Gasteiger partial charge in [0, 0.05) is 11.9 Å². The summed E-state index contributed by atoms with van der Waals surface area (Å²) in [6.07, 6.45) is 0. The first kappa shape index (κ1) is 23.0. The molecule has 0 saturated heterocycles. The topological polar surface area (TPSA) is 67.8 Å². The first-order chi connectivity index (χ1) is 13.1. The van der Waals surface area contributed by atoms with Gasteiger partial charge in [0.1, 0.15) is 18.2 Å². The van der Waals surface area contributed by atoms with Crippen LogP contribution in [0.25, 0.3) is 0 Å². The van der Waals surface area contributed by atoms with Crippen molar-refractivity contribution in [1.82, 2.24) is 15.6 Å². The lowest BCUT2D eigenvalue weighted by atomic mass is 10.2. The Morgan fingerprint density at radius 2 is 2.07 bits per heavy atom. The standard InChI is InChI=1S/C19H25ClN4O2S.HI/c1-4-21-19(23-10-17-24-15(11-27-17)12(2)3)22-9-13-7-14(20)18-16(8-13)25-5-6-26-18;/h7-8,11-12H,4-6,9-10H2,1-3H3,(H2,21,22,23);1H. The van der Waals surface area contributed by atoms with Crippen LogP contribution < -0.4 is 20.1 Å². The summed E-state index contributed by atoms with van der Waals surface area (Å²) >= 11 is 7.97. The van der Waals surface area contributed by atoms with E-state index in [4.69, 9.17) is 21.1 Å². The molecular formula is C19H26ClIN4O2S. The normalized spacial score (nSPS) is 13.2. The van der Waals surface area contributed by atoms with E-state index in [0.29, 0.717) is 48.7 Å². The molecule has 1 aromatic heterocycles. The van der Waals surface area contributed by atoms with Crippen LogP contribution in [0.2, 0.25) is 5.02 Å². The van der Waals surface area contributed by atoms with Crippen LogP contribution >= 0.6 is 46.9 Å². The van der Waals surface area contributed by atoms with Gasteiger partial charge in [-0.3, -0.25) is 0 Å². The smallest absolute Gasteiger partial charge is 0.191 e. The molecule has 3 rings (SSSR count). The summed E-state index contributed by atoms with van der Waals surface area (Å²) in [7, 11) is 0. The van der Waals surface area contributed by atoms with E-state index in [1.54, 1.807) is 11.3 Å². The Hall–Kier alpha value is -1.26. The molecule has 0 radical (unpaired) electrons. The number of rotatable bonds is 6. The maximum atomic E-state index is 6.30. The van der Waals surface area contributed by atoms with Crippen LogP contribution in [0.15, 0.2) is 22.5 Å². The van der Waals surface area contributed by atoms with Crippen molar-refractivity contribution < 1.29 is 9.47 Å². The van der Waals surface area contributed by atoms with Crippen LogP contribution in [-0.2, 0) is 13.1 Å². The minimum absolute atomic E-state index is 0. The van der Waals surface area contributed by atoms with Gasteiger partial charge in [0.05, 0.1) is 23.8 Å². The lowest BCUT2D eigenvalue weighted by molar-refractivity contribution is 0.171. The van der Waals surface area contributed by atoms with Crippen molar-refractivity contribution >= 4 is 52.9 Å². The first-order valence-corrected chi connectivity index (χ1v) is 10.4. The zero-order valence-electron chi connectivity index (χ0n) is 16.3. The predicted octanol–water partition coefficient (Wildman–Crippen LogP) is 4.56. The molecule has 6 nitrogen and oxygen atoms in total. The molecule has 9 heteroatoms. The van der Waals surface area contributed by atoms with Gasteiger partial charge in [-0.1, -0.05) is 25.4 Å². The first-order valence-electron chi connectivity index (χ1n) is 9.11. The molecule has 0 saturated carbocycles. The maximum absolute atomic E-state index is 6.30. The van der Waals surface area contributed by atoms with Gasteiger partial charge in [0.2, 0.25) is 0 Å². The Morgan fingerprint density at radius 1 is 1.29 bits per heavy atom. The molecule has 0 fully saturated rings. The zero-order valence-corrected chi connectivity index (χ0v) is 20.2.